The first-order valence-corrected chi connectivity index (χ1v) is 8.33. The van der Waals surface area contributed by atoms with Gasteiger partial charge in [0.25, 0.3) is 0 Å². The number of amides is 2. The van der Waals surface area contributed by atoms with E-state index in [4.69, 9.17) is 0 Å². The van der Waals surface area contributed by atoms with Gasteiger partial charge in [-0.05, 0) is 30.5 Å². The highest BCUT2D eigenvalue weighted by molar-refractivity contribution is 5.89. The number of nitrogens with one attached hydrogen (secondary N) is 1. The van der Waals surface area contributed by atoms with Gasteiger partial charge in [-0.1, -0.05) is 26.0 Å². The lowest BCUT2D eigenvalue weighted by atomic mass is 10.0. The third kappa shape index (κ3) is 4.96. The molecule has 4 nitrogen and oxygen atoms in total. The summed E-state index contributed by atoms with van der Waals surface area (Å²) in [5.41, 5.74) is -0.134. The zero-order valence-corrected chi connectivity index (χ0v) is 14.6. The van der Waals surface area contributed by atoms with E-state index in [9.17, 15) is 22.8 Å². The Morgan fingerprint density at radius 1 is 1.24 bits per heavy atom. The maximum atomic E-state index is 12.6. The van der Waals surface area contributed by atoms with Crippen molar-refractivity contribution in [2.24, 2.45) is 11.8 Å². The number of likely N-dealkylation sites (tertiary alicyclic amines) is 1. The van der Waals surface area contributed by atoms with Crippen LogP contribution in [0.2, 0.25) is 0 Å². The average molecular weight is 356 g/mol. The number of halogens is 3. The summed E-state index contributed by atoms with van der Waals surface area (Å²) in [5.74, 6) is -0.358. The van der Waals surface area contributed by atoms with Crippen LogP contribution in [0.4, 0.5) is 13.2 Å². The molecule has 0 spiro atoms. The second kappa shape index (κ2) is 7.45. The summed E-state index contributed by atoms with van der Waals surface area (Å²) in [6.07, 6.45) is -4.20. The smallest absolute Gasteiger partial charge is 0.349 e. The van der Waals surface area contributed by atoms with Crippen molar-refractivity contribution in [1.82, 2.24) is 10.2 Å². The van der Waals surface area contributed by atoms with E-state index in [1.54, 1.807) is 11.8 Å². The Balaban J connectivity index is 1.95. The van der Waals surface area contributed by atoms with E-state index in [-0.39, 0.29) is 18.2 Å². The minimum Gasteiger partial charge on any atom is -0.349 e. The van der Waals surface area contributed by atoms with E-state index in [0.717, 1.165) is 12.1 Å². The van der Waals surface area contributed by atoms with E-state index in [1.165, 1.54) is 12.1 Å². The molecule has 2 amide bonds. The zero-order chi connectivity index (χ0) is 18.8. The molecule has 25 heavy (non-hydrogen) atoms. The standard InChI is InChI=1S/C18H23F3N2O2/c1-11(2)9-23-10-14(8-16(23)24)17(25)22-12(3)13-4-6-15(7-5-13)18(19,20)21/h4-7,11-12,14H,8-10H2,1-3H3,(H,22,25). The minimum atomic E-state index is -4.38. The molecule has 1 heterocycles. The molecular formula is C18H23F3N2O2. The third-order valence-electron chi connectivity index (χ3n) is 4.27. The Hall–Kier alpha value is -2.05. The van der Waals surface area contributed by atoms with Gasteiger partial charge >= 0.3 is 6.18 Å². The normalized spacial score (nSPS) is 19.4. The van der Waals surface area contributed by atoms with Crippen LogP contribution in [0.15, 0.2) is 24.3 Å². The molecule has 0 bridgehead atoms. The predicted molar refractivity (Wildman–Crippen MR) is 87.5 cm³/mol. The first-order chi connectivity index (χ1) is 11.6. The van der Waals surface area contributed by atoms with Crippen LogP contribution in [0.25, 0.3) is 0 Å². The molecule has 1 aliphatic rings. The summed E-state index contributed by atoms with van der Waals surface area (Å²) in [6.45, 7) is 6.74. The largest absolute Gasteiger partial charge is 0.416 e. The minimum absolute atomic E-state index is 0.0315. The summed E-state index contributed by atoms with van der Waals surface area (Å²) >= 11 is 0. The highest BCUT2D eigenvalue weighted by Crippen LogP contribution is 2.30. The molecule has 0 saturated carbocycles. The van der Waals surface area contributed by atoms with Crippen molar-refractivity contribution >= 4 is 11.8 Å². The molecule has 1 saturated heterocycles. The van der Waals surface area contributed by atoms with Gasteiger partial charge in [0.05, 0.1) is 17.5 Å². The van der Waals surface area contributed by atoms with Gasteiger partial charge in [-0.2, -0.15) is 13.2 Å². The van der Waals surface area contributed by atoms with Gasteiger partial charge < -0.3 is 10.2 Å². The lowest BCUT2D eigenvalue weighted by Crippen LogP contribution is -2.35. The van der Waals surface area contributed by atoms with E-state index in [2.05, 4.69) is 5.32 Å². The fourth-order valence-electron chi connectivity index (χ4n) is 2.94. The summed E-state index contributed by atoms with van der Waals surface area (Å²) < 4.78 is 37.8. The second-order valence-corrected chi connectivity index (χ2v) is 6.94. The Morgan fingerprint density at radius 3 is 2.36 bits per heavy atom. The molecular weight excluding hydrogens is 333 g/mol. The quantitative estimate of drug-likeness (QED) is 0.879. The maximum Gasteiger partial charge on any atom is 0.416 e. The number of alkyl halides is 3. The Labute approximate surface area is 145 Å². The van der Waals surface area contributed by atoms with Crippen LogP contribution < -0.4 is 5.32 Å². The predicted octanol–water partition coefficient (Wildman–Crippen LogP) is 3.39. The Kier molecular flexibility index (Phi) is 5.75. The number of nitrogens with zero attached hydrogens (tertiary/aromatic N) is 1. The monoisotopic (exact) mass is 356 g/mol. The first kappa shape index (κ1) is 19.3. The van der Waals surface area contributed by atoms with Crippen LogP contribution in [-0.2, 0) is 15.8 Å². The van der Waals surface area contributed by atoms with Crippen molar-refractivity contribution < 1.29 is 22.8 Å². The van der Waals surface area contributed by atoms with Gasteiger partial charge in [0.2, 0.25) is 11.8 Å². The summed E-state index contributed by atoms with van der Waals surface area (Å²) in [6, 6.07) is 4.30. The van der Waals surface area contributed by atoms with Crippen molar-refractivity contribution in [2.75, 3.05) is 13.1 Å². The van der Waals surface area contributed by atoms with Crippen LogP contribution >= 0.6 is 0 Å². The van der Waals surface area contributed by atoms with Gasteiger partial charge in [0, 0.05) is 19.5 Å². The van der Waals surface area contributed by atoms with E-state index in [0.29, 0.717) is 24.6 Å². The lowest BCUT2D eigenvalue weighted by Gasteiger charge is -2.20. The molecule has 1 fully saturated rings. The third-order valence-corrected chi connectivity index (χ3v) is 4.27. The number of hydrogen-bond donors (Lipinski definition) is 1. The van der Waals surface area contributed by atoms with E-state index in [1.807, 2.05) is 13.8 Å². The number of benzene rings is 1. The molecule has 1 aliphatic heterocycles. The number of hydrogen-bond acceptors (Lipinski definition) is 2. The van der Waals surface area contributed by atoms with Crippen LogP contribution in [0.5, 0.6) is 0 Å². The van der Waals surface area contributed by atoms with Gasteiger partial charge in [0.1, 0.15) is 0 Å². The van der Waals surface area contributed by atoms with Crippen molar-refractivity contribution in [2.45, 2.75) is 39.4 Å². The van der Waals surface area contributed by atoms with Crippen LogP contribution in [0.3, 0.4) is 0 Å². The van der Waals surface area contributed by atoms with Gasteiger partial charge in [0.15, 0.2) is 0 Å². The number of carbonyl (C=O) groups is 2. The Bertz CT molecular complexity index is 626. The maximum absolute atomic E-state index is 12.6. The van der Waals surface area contributed by atoms with Gasteiger partial charge in [-0.25, -0.2) is 0 Å². The van der Waals surface area contributed by atoms with Crippen molar-refractivity contribution in [3.8, 4) is 0 Å². The average Bonchev–Trinajstić information content (AvgIpc) is 2.87. The van der Waals surface area contributed by atoms with Crippen LogP contribution in [0.1, 0.15) is 44.4 Å². The summed E-state index contributed by atoms with van der Waals surface area (Å²) in [4.78, 5) is 26.0. The molecule has 7 heteroatoms. The van der Waals surface area contributed by atoms with Crippen molar-refractivity contribution in [3.63, 3.8) is 0 Å². The van der Waals surface area contributed by atoms with Crippen LogP contribution in [-0.4, -0.2) is 29.8 Å². The van der Waals surface area contributed by atoms with Gasteiger partial charge in [-0.15, -0.1) is 0 Å². The lowest BCUT2D eigenvalue weighted by molar-refractivity contribution is -0.137. The zero-order valence-electron chi connectivity index (χ0n) is 14.6. The molecule has 138 valence electrons. The Morgan fingerprint density at radius 2 is 1.84 bits per heavy atom. The molecule has 1 aromatic carbocycles. The molecule has 1 N–H and O–H groups in total. The molecule has 2 rings (SSSR count). The SMILES string of the molecule is CC(C)CN1CC(C(=O)NC(C)c2ccc(C(F)(F)F)cc2)CC1=O. The van der Waals surface area contributed by atoms with E-state index >= 15 is 0 Å². The van der Waals surface area contributed by atoms with E-state index < -0.39 is 23.7 Å². The van der Waals surface area contributed by atoms with Crippen molar-refractivity contribution in [3.05, 3.63) is 35.4 Å². The first-order valence-electron chi connectivity index (χ1n) is 8.33. The molecule has 2 unspecified atom stereocenters. The number of carbonyl (C=O) groups excluding carboxylic acids is 2. The highest BCUT2D eigenvalue weighted by atomic mass is 19.4. The molecule has 2 atom stereocenters. The number of rotatable bonds is 5. The molecule has 0 aliphatic carbocycles. The second-order valence-electron chi connectivity index (χ2n) is 6.94. The fraction of sp³-hybridized carbons (Fsp3) is 0.556. The summed E-state index contributed by atoms with van der Waals surface area (Å²) in [5, 5.41) is 2.79. The van der Waals surface area contributed by atoms with Gasteiger partial charge in [-0.3, -0.25) is 9.59 Å². The molecule has 1 aromatic rings. The fourth-order valence-corrected chi connectivity index (χ4v) is 2.94. The molecule has 0 aromatic heterocycles. The molecule has 0 radical (unpaired) electrons. The van der Waals surface area contributed by atoms with Crippen molar-refractivity contribution in [1.29, 1.82) is 0 Å². The van der Waals surface area contributed by atoms with Crippen LogP contribution in [0, 0.1) is 11.8 Å². The topological polar surface area (TPSA) is 49.4 Å². The highest BCUT2D eigenvalue weighted by Gasteiger charge is 2.35. The summed E-state index contributed by atoms with van der Waals surface area (Å²) in [7, 11) is 0.